The fourth-order valence-electron chi connectivity index (χ4n) is 3.01. The second-order valence-corrected chi connectivity index (χ2v) is 9.00. The molecule has 3 rings (SSSR count). The van der Waals surface area contributed by atoms with Crippen molar-refractivity contribution in [2.45, 2.75) is 22.6 Å². The zero-order valence-corrected chi connectivity index (χ0v) is 16.6. The van der Waals surface area contributed by atoms with Gasteiger partial charge in [-0.3, -0.25) is 9.10 Å². The van der Waals surface area contributed by atoms with Gasteiger partial charge in [-0.2, -0.15) is 0 Å². The molecule has 0 spiro atoms. The van der Waals surface area contributed by atoms with Gasteiger partial charge < -0.3 is 4.90 Å². The first-order valence-corrected chi connectivity index (χ1v) is 11.3. The van der Waals surface area contributed by atoms with Crippen molar-refractivity contribution < 1.29 is 17.6 Å². The molecule has 1 amide bonds. The third-order valence-corrected chi connectivity index (χ3v) is 7.01. The predicted molar refractivity (Wildman–Crippen MR) is 105 cm³/mol. The number of nitrogens with zero attached hydrogens (tertiary/aromatic N) is 2. The van der Waals surface area contributed by atoms with E-state index in [0.717, 1.165) is 28.1 Å². The number of anilines is 1. The Bertz CT molecular complexity index is 911. The van der Waals surface area contributed by atoms with Gasteiger partial charge in [-0.05, 0) is 61.6 Å². The highest BCUT2D eigenvalue weighted by molar-refractivity contribution is 7.98. The zero-order chi connectivity index (χ0) is 19.4. The summed E-state index contributed by atoms with van der Waals surface area (Å²) in [5.41, 5.74) is 0.136. The molecule has 1 aliphatic heterocycles. The van der Waals surface area contributed by atoms with Crippen LogP contribution in [0, 0.1) is 5.82 Å². The molecular formula is C19H21FN2O3S2. The topological polar surface area (TPSA) is 57.7 Å². The van der Waals surface area contributed by atoms with Gasteiger partial charge in [-0.1, -0.05) is 6.07 Å². The third kappa shape index (κ3) is 4.44. The Morgan fingerprint density at radius 3 is 2.41 bits per heavy atom. The molecule has 1 saturated heterocycles. The average Bonchev–Trinajstić information content (AvgIpc) is 3.20. The van der Waals surface area contributed by atoms with Crippen molar-refractivity contribution in [1.82, 2.24) is 4.90 Å². The van der Waals surface area contributed by atoms with E-state index in [0.29, 0.717) is 13.1 Å². The highest BCUT2D eigenvalue weighted by Gasteiger charge is 2.30. The van der Waals surface area contributed by atoms with Crippen molar-refractivity contribution in [3.63, 3.8) is 0 Å². The summed E-state index contributed by atoms with van der Waals surface area (Å²) in [6, 6.07) is 11.7. The molecule has 0 aliphatic carbocycles. The number of carbonyl (C=O) groups is 1. The van der Waals surface area contributed by atoms with Gasteiger partial charge in [0.15, 0.2) is 0 Å². The number of thioether (sulfide) groups is 1. The molecule has 0 aromatic heterocycles. The smallest absolute Gasteiger partial charge is 0.264 e. The van der Waals surface area contributed by atoms with E-state index in [9.17, 15) is 17.6 Å². The molecule has 144 valence electrons. The monoisotopic (exact) mass is 408 g/mol. The summed E-state index contributed by atoms with van der Waals surface area (Å²) < 4.78 is 41.2. The third-order valence-electron chi connectivity index (χ3n) is 4.48. The number of carbonyl (C=O) groups excluding carboxylic acids is 1. The molecule has 0 radical (unpaired) electrons. The Hall–Kier alpha value is -2.06. The van der Waals surface area contributed by atoms with Crippen molar-refractivity contribution in [2.75, 3.05) is 30.2 Å². The van der Waals surface area contributed by atoms with Crippen molar-refractivity contribution in [2.24, 2.45) is 0 Å². The largest absolute Gasteiger partial charge is 0.341 e. The summed E-state index contributed by atoms with van der Waals surface area (Å²) >= 11 is 1.50. The van der Waals surface area contributed by atoms with Crippen LogP contribution in [0.3, 0.4) is 0 Å². The van der Waals surface area contributed by atoms with Gasteiger partial charge in [-0.15, -0.1) is 11.8 Å². The molecule has 2 aromatic carbocycles. The molecule has 1 aliphatic rings. The van der Waals surface area contributed by atoms with Gasteiger partial charge >= 0.3 is 0 Å². The molecule has 1 heterocycles. The zero-order valence-electron chi connectivity index (χ0n) is 15.0. The molecule has 2 aromatic rings. The maximum atomic E-state index is 13.7. The van der Waals surface area contributed by atoms with Gasteiger partial charge in [0, 0.05) is 18.0 Å². The molecule has 0 unspecified atom stereocenters. The van der Waals surface area contributed by atoms with Crippen LogP contribution in [0.1, 0.15) is 12.8 Å². The van der Waals surface area contributed by atoms with E-state index in [-0.39, 0.29) is 23.0 Å². The standard InChI is InChI=1S/C19H21FN2O3S2/c1-26-17-7-9-18(10-8-17)27(24,25)22(16-6-4-5-15(20)13-16)14-19(23)21-11-2-3-12-21/h4-10,13H,2-3,11-12,14H2,1H3. The van der Waals surface area contributed by atoms with Gasteiger partial charge in [0.05, 0.1) is 10.6 Å². The summed E-state index contributed by atoms with van der Waals surface area (Å²) in [5, 5.41) is 0. The number of hydrogen-bond acceptors (Lipinski definition) is 4. The van der Waals surface area contributed by atoms with Crippen molar-refractivity contribution in [1.29, 1.82) is 0 Å². The average molecular weight is 409 g/mol. The minimum absolute atomic E-state index is 0.0683. The highest BCUT2D eigenvalue weighted by atomic mass is 32.2. The van der Waals surface area contributed by atoms with Crippen LogP contribution in [0.2, 0.25) is 0 Å². The van der Waals surface area contributed by atoms with E-state index in [2.05, 4.69) is 0 Å². The summed E-state index contributed by atoms with van der Waals surface area (Å²) in [4.78, 5) is 15.3. The fourth-order valence-corrected chi connectivity index (χ4v) is 4.82. The number of hydrogen-bond donors (Lipinski definition) is 0. The van der Waals surface area contributed by atoms with Crippen LogP contribution < -0.4 is 4.31 Å². The molecular weight excluding hydrogens is 387 g/mol. The SMILES string of the molecule is CSc1ccc(S(=O)(=O)N(CC(=O)N2CCCC2)c2cccc(F)c2)cc1. The summed E-state index contributed by atoms with van der Waals surface area (Å²) in [6.07, 6.45) is 3.72. The fraction of sp³-hybridized carbons (Fsp3) is 0.316. The Morgan fingerprint density at radius 2 is 1.81 bits per heavy atom. The lowest BCUT2D eigenvalue weighted by molar-refractivity contribution is -0.128. The Morgan fingerprint density at radius 1 is 1.15 bits per heavy atom. The lowest BCUT2D eigenvalue weighted by Crippen LogP contribution is -2.42. The Labute approximate surface area is 163 Å². The maximum Gasteiger partial charge on any atom is 0.264 e. The molecule has 5 nitrogen and oxygen atoms in total. The maximum absolute atomic E-state index is 13.7. The van der Waals surface area contributed by atoms with E-state index >= 15 is 0 Å². The number of rotatable bonds is 6. The normalized spacial score (nSPS) is 14.4. The van der Waals surface area contributed by atoms with Gasteiger partial charge in [0.1, 0.15) is 12.4 Å². The summed E-state index contributed by atoms with van der Waals surface area (Å²) in [5.74, 6) is -0.833. The summed E-state index contributed by atoms with van der Waals surface area (Å²) in [7, 11) is -4.01. The van der Waals surface area contributed by atoms with Crippen LogP contribution in [0.15, 0.2) is 58.3 Å². The van der Waals surface area contributed by atoms with Crippen LogP contribution in [-0.2, 0) is 14.8 Å². The van der Waals surface area contributed by atoms with Crippen LogP contribution in [0.25, 0.3) is 0 Å². The number of benzene rings is 2. The van der Waals surface area contributed by atoms with Crippen LogP contribution >= 0.6 is 11.8 Å². The molecule has 27 heavy (non-hydrogen) atoms. The Balaban J connectivity index is 1.97. The van der Waals surface area contributed by atoms with E-state index in [4.69, 9.17) is 0 Å². The second kappa shape index (κ2) is 8.31. The van der Waals surface area contributed by atoms with E-state index < -0.39 is 15.8 Å². The number of sulfonamides is 1. The lowest BCUT2D eigenvalue weighted by Gasteiger charge is -2.26. The second-order valence-electron chi connectivity index (χ2n) is 6.25. The predicted octanol–water partition coefficient (Wildman–Crippen LogP) is 3.37. The highest BCUT2D eigenvalue weighted by Crippen LogP contribution is 2.26. The summed E-state index contributed by atoms with van der Waals surface area (Å²) in [6.45, 7) is 0.895. The van der Waals surface area contributed by atoms with Crippen LogP contribution in [0.4, 0.5) is 10.1 Å². The first-order valence-electron chi connectivity index (χ1n) is 8.62. The minimum atomic E-state index is -4.01. The van der Waals surface area contributed by atoms with Gasteiger partial charge in [0.25, 0.3) is 10.0 Å². The molecule has 0 N–H and O–H groups in total. The first-order chi connectivity index (χ1) is 12.9. The lowest BCUT2D eigenvalue weighted by atomic mass is 10.3. The Kier molecular flexibility index (Phi) is 6.06. The van der Waals surface area contributed by atoms with Crippen molar-refractivity contribution in [3.8, 4) is 0 Å². The van der Waals surface area contributed by atoms with E-state index in [1.807, 2.05) is 6.26 Å². The van der Waals surface area contributed by atoms with Crippen LogP contribution in [0.5, 0.6) is 0 Å². The van der Waals surface area contributed by atoms with E-state index in [1.165, 1.54) is 42.1 Å². The first kappa shape index (κ1) is 19.7. The quantitative estimate of drug-likeness (QED) is 0.688. The van der Waals surface area contributed by atoms with Gasteiger partial charge in [-0.25, -0.2) is 12.8 Å². The molecule has 0 bridgehead atoms. The van der Waals surface area contributed by atoms with Crippen molar-refractivity contribution >= 4 is 33.4 Å². The van der Waals surface area contributed by atoms with Gasteiger partial charge in [0.2, 0.25) is 5.91 Å². The molecule has 0 atom stereocenters. The molecule has 8 heteroatoms. The minimum Gasteiger partial charge on any atom is -0.341 e. The van der Waals surface area contributed by atoms with Crippen LogP contribution in [-0.4, -0.2) is 45.1 Å². The number of likely N-dealkylation sites (tertiary alicyclic amines) is 1. The molecule has 1 fully saturated rings. The molecule has 0 saturated carbocycles. The number of halogens is 1. The number of amides is 1. The van der Waals surface area contributed by atoms with Crippen molar-refractivity contribution in [3.05, 3.63) is 54.3 Å². The van der Waals surface area contributed by atoms with E-state index in [1.54, 1.807) is 17.0 Å².